The average molecular weight is 329 g/mol. The van der Waals surface area contributed by atoms with Gasteiger partial charge in [-0.2, -0.15) is 0 Å². The van der Waals surface area contributed by atoms with Crippen LogP contribution in [0.1, 0.15) is 10.4 Å². The summed E-state index contributed by atoms with van der Waals surface area (Å²) in [5, 5.41) is 5.35. The van der Waals surface area contributed by atoms with Gasteiger partial charge >= 0.3 is 6.03 Å². The predicted octanol–water partition coefficient (Wildman–Crippen LogP) is 1.03. The second-order valence-electron chi connectivity index (χ2n) is 4.12. The number of carbonyl (C=O) groups excluding carboxylic acids is 2. The molecule has 0 saturated carbocycles. The molecule has 0 aliphatic heterocycles. The molecular weight excluding hydrogens is 312 g/mol. The van der Waals surface area contributed by atoms with Gasteiger partial charge in [0.2, 0.25) is 0 Å². The second kappa shape index (κ2) is 6.98. The normalized spacial score (nSPS) is 9.84. The Balaban J connectivity index is 2.39. The topological polar surface area (TPSA) is 87.5 Å². The highest BCUT2D eigenvalue weighted by Gasteiger charge is 2.07. The smallest absolute Gasteiger partial charge is 0.316 e. The number of benzene rings is 1. The van der Waals surface area contributed by atoms with Crippen LogP contribution < -0.4 is 16.4 Å². The second-order valence-corrected chi connectivity index (χ2v) is 4.97. The van der Waals surface area contributed by atoms with E-state index in [2.05, 4.69) is 26.6 Å². The van der Waals surface area contributed by atoms with Gasteiger partial charge in [-0.25, -0.2) is 4.79 Å². The molecule has 6 nitrogen and oxygen atoms in total. The molecule has 7 heteroatoms. The molecule has 0 heterocycles. The molecule has 0 aliphatic rings. The maximum absolute atomic E-state index is 11.8. The van der Waals surface area contributed by atoms with Crippen LogP contribution in [0.3, 0.4) is 0 Å². The summed E-state index contributed by atoms with van der Waals surface area (Å²) >= 11 is 3.26. The van der Waals surface area contributed by atoms with E-state index >= 15 is 0 Å². The predicted molar refractivity (Wildman–Crippen MR) is 78.0 cm³/mol. The Labute approximate surface area is 120 Å². The number of rotatable bonds is 4. The molecule has 0 spiro atoms. The standard InChI is InChI=1S/C12H17BrN4O2/c1-17(2)12(19)16-6-5-15-11(18)8-3-4-9(13)10(14)7-8/h3-4,7H,5-6,14H2,1-2H3,(H,15,18)(H,16,19). The molecule has 19 heavy (non-hydrogen) atoms. The third-order valence-corrected chi connectivity index (χ3v) is 3.07. The van der Waals surface area contributed by atoms with Gasteiger partial charge in [0.1, 0.15) is 0 Å². The molecule has 4 N–H and O–H groups in total. The summed E-state index contributed by atoms with van der Waals surface area (Å²) in [6.45, 7) is 0.725. The van der Waals surface area contributed by atoms with E-state index in [9.17, 15) is 9.59 Å². The fourth-order valence-electron chi connectivity index (χ4n) is 1.29. The minimum atomic E-state index is -0.224. The van der Waals surface area contributed by atoms with Gasteiger partial charge in [-0.05, 0) is 34.1 Å². The highest BCUT2D eigenvalue weighted by Crippen LogP contribution is 2.19. The van der Waals surface area contributed by atoms with Crippen molar-refractivity contribution in [2.45, 2.75) is 0 Å². The van der Waals surface area contributed by atoms with Gasteiger partial charge in [0, 0.05) is 42.9 Å². The number of nitrogens with two attached hydrogens (primary N) is 1. The first-order valence-corrected chi connectivity index (χ1v) is 6.49. The van der Waals surface area contributed by atoms with E-state index in [1.54, 1.807) is 32.3 Å². The maximum atomic E-state index is 11.8. The van der Waals surface area contributed by atoms with Crippen LogP contribution in [-0.4, -0.2) is 44.0 Å². The number of urea groups is 1. The maximum Gasteiger partial charge on any atom is 0.316 e. The molecular formula is C12H17BrN4O2. The Morgan fingerprint density at radius 1 is 1.26 bits per heavy atom. The summed E-state index contributed by atoms with van der Waals surface area (Å²) in [5.41, 5.74) is 6.69. The summed E-state index contributed by atoms with van der Waals surface area (Å²) < 4.78 is 0.752. The molecule has 0 unspecified atom stereocenters. The van der Waals surface area contributed by atoms with Crippen LogP contribution in [-0.2, 0) is 0 Å². The molecule has 0 aliphatic carbocycles. The van der Waals surface area contributed by atoms with Crippen molar-refractivity contribution >= 4 is 33.6 Å². The van der Waals surface area contributed by atoms with E-state index in [-0.39, 0.29) is 11.9 Å². The SMILES string of the molecule is CN(C)C(=O)NCCNC(=O)c1ccc(Br)c(N)c1. The quantitative estimate of drug-likeness (QED) is 0.570. The number of amides is 3. The van der Waals surface area contributed by atoms with Gasteiger partial charge in [0.15, 0.2) is 0 Å². The molecule has 1 rings (SSSR count). The molecule has 1 aromatic carbocycles. The highest BCUT2D eigenvalue weighted by atomic mass is 79.9. The van der Waals surface area contributed by atoms with Crippen molar-refractivity contribution in [3.8, 4) is 0 Å². The zero-order chi connectivity index (χ0) is 14.4. The van der Waals surface area contributed by atoms with E-state index in [1.807, 2.05) is 0 Å². The Morgan fingerprint density at radius 2 is 1.89 bits per heavy atom. The zero-order valence-corrected chi connectivity index (χ0v) is 12.5. The van der Waals surface area contributed by atoms with Gasteiger partial charge in [0.05, 0.1) is 0 Å². The fraction of sp³-hybridized carbons (Fsp3) is 0.333. The minimum Gasteiger partial charge on any atom is -0.398 e. The summed E-state index contributed by atoms with van der Waals surface area (Å²) in [6.07, 6.45) is 0. The van der Waals surface area contributed by atoms with Crippen molar-refractivity contribution in [3.05, 3.63) is 28.2 Å². The van der Waals surface area contributed by atoms with Gasteiger partial charge in [-0.3, -0.25) is 4.79 Å². The number of hydrogen-bond donors (Lipinski definition) is 3. The number of nitrogens with one attached hydrogen (secondary N) is 2. The van der Waals surface area contributed by atoms with Gasteiger partial charge in [-0.15, -0.1) is 0 Å². The Bertz CT molecular complexity index is 477. The van der Waals surface area contributed by atoms with Gasteiger partial charge in [-0.1, -0.05) is 0 Å². The summed E-state index contributed by atoms with van der Waals surface area (Å²) in [4.78, 5) is 24.4. The van der Waals surface area contributed by atoms with Crippen LogP contribution >= 0.6 is 15.9 Å². The summed E-state index contributed by atoms with van der Waals surface area (Å²) in [7, 11) is 3.30. The third kappa shape index (κ3) is 4.78. The zero-order valence-electron chi connectivity index (χ0n) is 10.9. The number of nitrogen functional groups attached to an aromatic ring is 1. The van der Waals surface area contributed by atoms with E-state index in [0.29, 0.717) is 24.3 Å². The van der Waals surface area contributed by atoms with E-state index < -0.39 is 0 Å². The third-order valence-electron chi connectivity index (χ3n) is 2.35. The number of anilines is 1. The van der Waals surface area contributed by atoms with Crippen molar-refractivity contribution in [3.63, 3.8) is 0 Å². The number of halogens is 1. The van der Waals surface area contributed by atoms with Gasteiger partial charge < -0.3 is 21.3 Å². The van der Waals surface area contributed by atoms with Crippen LogP contribution in [0, 0.1) is 0 Å². The molecule has 104 valence electrons. The molecule has 0 aromatic heterocycles. The van der Waals surface area contributed by atoms with E-state index in [1.165, 1.54) is 4.90 Å². The number of carbonyl (C=O) groups is 2. The van der Waals surface area contributed by atoms with E-state index in [0.717, 1.165) is 4.47 Å². The van der Waals surface area contributed by atoms with Crippen LogP contribution in [0.2, 0.25) is 0 Å². The van der Waals surface area contributed by atoms with Crippen LogP contribution in [0.15, 0.2) is 22.7 Å². The molecule has 0 radical (unpaired) electrons. The fourth-order valence-corrected chi connectivity index (χ4v) is 1.54. The largest absolute Gasteiger partial charge is 0.398 e. The lowest BCUT2D eigenvalue weighted by Crippen LogP contribution is -2.39. The molecule has 0 atom stereocenters. The lowest BCUT2D eigenvalue weighted by atomic mass is 10.2. The van der Waals surface area contributed by atoms with Crippen molar-refractivity contribution in [1.82, 2.24) is 15.5 Å². The minimum absolute atomic E-state index is 0.192. The number of hydrogen-bond acceptors (Lipinski definition) is 3. The first-order valence-electron chi connectivity index (χ1n) is 5.70. The summed E-state index contributed by atoms with van der Waals surface area (Å²) in [6, 6.07) is 4.80. The number of nitrogens with zero attached hydrogens (tertiary/aromatic N) is 1. The molecule has 0 bridgehead atoms. The first kappa shape index (κ1) is 15.3. The van der Waals surface area contributed by atoms with Gasteiger partial charge in [0.25, 0.3) is 5.91 Å². The average Bonchev–Trinajstić information content (AvgIpc) is 2.37. The lowest BCUT2D eigenvalue weighted by molar-refractivity contribution is 0.0953. The van der Waals surface area contributed by atoms with Crippen LogP contribution in [0.4, 0.5) is 10.5 Å². The van der Waals surface area contributed by atoms with Crippen molar-refractivity contribution in [2.75, 3.05) is 32.9 Å². The lowest BCUT2D eigenvalue weighted by Gasteiger charge is -2.12. The molecule has 3 amide bonds. The first-order chi connectivity index (χ1) is 8.91. The molecule has 0 fully saturated rings. The van der Waals surface area contributed by atoms with Crippen molar-refractivity contribution < 1.29 is 9.59 Å². The van der Waals surface area contributed by atoms with Crippen molar-refractivity contribution in [1.29, 1.82) is 0 Å². The molecule has 0 saturated heterocycles. The Kier molecular flexibility index (Phi) is 5.62. The molecule has 1 aromatic rings. The van der Waals surface area contributed by atoms with Crippen molar-refractivity contribution in [2.24, 2.45) is 0 Å². The Hall–Kier alpha value is -1.76. The Morgan fingerprint density at radius 3 is 2.47 bits per heavy atom. The summed E-state index contributed by atoms with van der Waals surface area (Å²) in [5.74, 6) is -0.224. The highest BCUT2D eigenvalue weighted by molar-refractivity contribution is 9.10. The van der Waals surface area contributed by atoms with Crippen LogP contribution in [0.5, 0.6) is 0 Å². The van der Waals surface area contributed by atoms with E-state index in [4.69, 9.17) is 5.73 Å². The van der Waals surface area contributed by atoms with Crippen LogP contribution in [0.25, 0.3) is 0 Å². The monoisotopic (exact) mass is 328 g/mol.